The van der Waals surface area contributed by atoms with Crippen molar-refractivity contribution in [2.75, 3.05) is 0 Å². The molecule has 3 atom stereocenters. The first-order valence-corrected chi connectivity index (χ1v) is 10.2. The van der Waals surface area contributed by atoms with Crippen LogP contribution in [0.2, 0.25) is 0 Å². The van der Waals surface area contributed by atoms with Crippen LogP contribution < -0.4 is 0 Å². The molecule has 1 fully saturated rings. The lowest BCUT2D eigenvalue weighted by molar-refractivity contribution is -0.445. The molecule has 0 heterocycles. The average molecular weight is 359 g/mol. The smallest absolute Gasteiger partial charge is 0.122 e. The molecule has 0 aromatic carbocycles. The normalized spacial score (nSPS) is 25.8. The van der Waals surface area contributed by atoms with E-state index in [1.54, 1.807) is 0 Å². The summed E-state index contributed by atoms with van der Waals surface area (Å²) in [5.74, 6) is 1.43. The number of hydrogen-bond acceptors (Lipinski definition) is 4. The third-order valence-corrected chi connectivity index (χ3v) is 6.09. The lowest BCUT2D eigenvalue weighted by Gasteiger charge is -2.38. The molecule has 150 valence electrons. The van der Waals surface area contributed by atoms with Crippen molar-refractivity contribution < 1.29 is 19.6 Å². The fourth-order valence-corrected chi connectivity index (χ4v) is 2.63. The molecule has 4 nitrogen and oxygen atoms in total. The van der Waals surface area contributed by atoms with Gasteiger partial charge in [-0.05, 0) is 64.7 Å². The summed E-state index contributed by atoms with van der Waals surface area (Å²) in [5, 5.41) is 0. The minimum absolute atomic E-state index is 0.0749. The predicted molar refractivity (Wildman–Crippen MR) is 102 cm³/mol. The Labute approximate surface area is 155 Å². The molecule has 1 rings (SSSR count). The fraction of sp³-hybridized carbons (Fsp3) is 1.00. The Morgan fingerprint density at radius 3 is 1.72 bits per heavy atom. The summed E-state index contributed by atoms with van der Waals surface area (Å²) in [6.07, 6.45) is 5.38. The molecule has 1 aliphatic carbocycles. The minimum Gasteiger partial charge on any atom is -0.230 e. The van der Waals surface area contributed by atoms with Crippen LogP contribution in [0.1, 0.15) is 94.4 Å². The van der Waals surface area contributed by atoms with E-state index in [1.807, 2.05) is 0 Å². The van der Waals surface area contributed by atoms with Crippen LogP contribution in [0, 0.1) is 17.8 Å². The number of rotatable bonds is 10. The Kier molecular flexibility index (Phi) is 8.86. The van der Waals surface area contributed by atoms with Crippen LogP contribution in [0.3, 0.4) is 0 Å². The predicted octanol–water partition coefficient (Wildman–Crippen LogP) is 6.09. The summed E-state index contributed by atoms with van der Waals surface area (Å²) in [6.45, 7) is 19.1. The molecule has 1 aliphatic rings. The molecule has 3 unspecified atom stereocenters. The van der Waals surface area contributed by atoms with Crippen LogP contribution in [0.5, 0.6) is 0 Å². The van der Waals surface area contributed by atoms with E-state index < -0.39 is 0 Å². The van der Waals surface area contributed by atoms with Gasteiger partial charge in [0.15, 0.2) is 0 Å². The van der Waals surface area contributed by atoms with Crippen LogP contribution in [0.25, 0.3) is 0 Å². The Balaban J connectivity index is 2.69. The van der Waals surface area contributed by atoms with Gasteiger partial charge in [0.05, 0.1) is 0 Å². The van der Waals surface area contributed by atoms with Gasteiger partial charge in [0.1, 0.15) is 23.4 Å². The third-order valence-electron chi connectivity index (χ3n) is 6.09. The summed E-state index contributed by atoms with van der Waals surface area (Å²) in [5.41, 5.74) is -0.636. The zero-order valence-corrected chi connectivity index (χ0v) is 18.1. The maximum absolute atomic E-state index is 5.92. The molecule has 25 heavy (non-hydrogen) atoms. The molecular formula is C21H42O4. The van der Waals surface area contributed by atoms with Gasteiger partial charge in [-0.15, -0.1) is 0 Å². The monoisotopic (exact) mass is 358 g/mol. The first kappa shape index (κ1) is 22.9. The second-order valence-electron chi connectivity index (χ2n) is 9.42. The van der Waals surface area contributed by atoms with E-state index in [-0.39, 0.29) is 23.4 Å². The van der Waals surface area contributed by atoms with Gasteiger partial charge >= 0.3 is 0 Å². The van der Waals surface area contributed by atoms with Gasteiger partial charge in [-0.25, -0.2) is 19.6 Å². The second kappa shape index (κ2) is 9.68. The van der Waals surface area contributed by atoms with Crippen LogP contribution in [-0.4, -0.2) is 23.4 Å². The van der Waals surface area contributed by atoms with E-state index in [9.17, 15) is 0 Å². The molecular weight excluding hydrogens is 316 g/mol. The van der Waals surface area contributed by atoms with E-state index in [0.29, 0.717) is 17.8 Å². The zero-order chi connectivity index (χ0) is 19.3. The Morgan fingerprint density at radius 2 is 1.28 bits per heavy atom. The highest BCUT2D eigenvalue weighted by atomic mass is 17.2. The highest BCUT2D eigenvalue weighted by Gasteiger charge is 2.37. The molecule has 0 aromatic heterocycles. The molecule has 1 saturated carbocycles. The quantitative estimate of drug-likeness (QED) is 0.350. The van der Waals surface area contributed by atoms with Gasteiger partial charge in [0, 0.05) is 0 Å². The Bertz CT molecular complexity index is 376. The van der Waals surface area contributed by atoms with Gasteiger partial charge in [0.2, 0.25) is 0 Å². The zero-order valence-electron chi connectivity index (χ0n) is 18.1. The van der Waals surface area contributed by atoms with Crippen LogP contribution in [-0.2, 0) is 19.6 Å². The first-order chi connectivity index (χ1) is 11.5. The highest BCUT2D eigenvalue weighted by Crippen LogP contribution is 2.34. The SMILES string of the molecule is CCCC1CCC(OOC(C)(C)C(C)C)C(OOC(C)(C)C(C)C)C1. The molecule has 0 aliphatic heterocycles. The standard InChI is InChI=1S/C21H42O4/c1-10-11-17-12-13-18(22-24-20(6,7)15(2)3)19(14-17)23-25-21(8,9)16(4)5/h15-19H,10-14H2,1-9H3. The molecule has 0 bridgehead atoms. The highest BCUT2D eigenvalue weighted by molar-refractivity contribution is 4.81. The molecule has 0 saturated heterocycles. The molecule has 4 heteroatoms. The van der Waals surface area contributed by atoms with Gasteiger partial charge in [-0.1, -0.05) is 47.5 Å². The second-order valence-corrected chi connectivity index (χ2v) is 9.42. The van der Waals surface area contributed by atoms with Gasteiger partial charge < -0.3 is 0 Å². The van der Waals surface area contributed by atoms with E-state index in [0.717, 1.165) is 19.3 Å². The van der Waals surface area contributed by atoms with Crippen molar-refractivity contribution in [1.82, 2.24) is 0 Å². The fourth-order valence-electron chi connectivity index (χ4n) is 2.63. The third kappa shape index (κ3) is 7.16. The summed E-state index contributed by atoms with van der Waals surface area (Å²) >= 11 is 0. The van der Waals surface area contributed by atoms with Crippen molar-refractivity contribution in [2.45, 2.75) is 118 Å². The molecule has 0 N–H and O–H groups in total. The van der Waals surface area contributed by atoms with Crippen molar-refractivity contribution in [3.8, 4) is 0 Å². The van der Waals surface area contributed by atoms with Gasteiger partial charge in [-0.3, -0.25) is 0 Å². The maximum Gasteiger partial charge on any atom is 0.122 e. The lowest BCUT2D eigenvalue weighted by atomic mass is 9.83. The maximum atomic E-state index is 5.92. The van der Waals surface area contributed by atoms with Crippen molar-refractivity contribution in [3.05, 3.63) is 0 Å². The summed E-state index contributed by atoms with van der Waals surface area (Å²) in [6, 6.07) is 0. The van der Waals surface area contributed by atoms with Crippen molar-refractivity contribution >= 4 is 0 Å². The Morgan fingerprint density at radius 1 is 0.800 bits per heavy atom. The van der Waals surface area contributed by atoms with Crippen molar-refractivity contribution in [3.63, 3.8) is 0 Å². The van der Waals surface area contributed by atoms with E-state index >= 15 is 0 Å². The first-order valence-electron chi connectivity index (χ1n) is 10.2. The van der Waals surface area contributed by atoms with E-state index in [1.165, 1.54) is 12.8 Å². The average Bonchev–Trinajstić information content (AvgIpc) is 2.52. The van der Waals surface area contributed by atoms with Crippen LogP contribution in [0.4, 0.5) is 0 Å². The van der Waals surface area contributed by atoms with Crippen molar-refractivity contribution in [1.29, 1.82) is 0 Å². The van der Waals surface area contributed by atoms with E-state index in [4.69, 9.17) is 19.6 Å². The van der Waals surface area contributed by atoms with Crippen LogP contribution in [0.15, 0.2) is 0 Å². The minimum atomic E-state index is -0.319. The summed E-state index contributed by atoms with van der Waals surface area (Å²) in [7, 11) is 0. The van der Waals surface area contributed by atoms with Gasteiger partial charge in [0.25, 0.3) is 0 Å². The van der Waals surface area contributed by atoms with E-state index in [2.05, 4.69) is 62.3 Å². The largest absolute Gasteiger partial charge is 0.230 e. The Hall–Kier alpha value is -0.160. The van der Waals surface area contributed by atoms with Crippen LogP contribution >= 0.6 is 0 Å². The van der Waals surface area contributed by atoms with Crippen molar-refractivity contribution in [2.24, 2.45) is 17.8 Å². The molecule has 0 aromatic rings. The number of hydrogen-bond donors (Lipinski definition) is 0. The van der Waals surface area contributed by atoms with Gasteiger partial charge in [-0.2, -0.15) is 0 Å². The topological polar surface area (TPSA) is 36.9 Å². The molecule has 0 spiro atoms. The lowest BCUT2D eigenvalue weighted by Crippen LogP contribution is -2.43. The molecule has 0 radical (unpaired) electrons. The molecule has 0 amide bonds. The summed E-state index contributed by atoms with van der Waals surface area (Å²) < 4.78 is 0. The summed E-state index contributed by atoms with van der Waals surface area (Å²) in [4.78, 5) is 23.4.